The second kappa shape index (κ2) is 8.82. The van der Waals surface area contributed by atoms with Gasteiger partial charge in [0.1, 0.15) is 0 Å². The average molecular weight is 358 g/mol. The first kappa shape index (κ1) is 18.4. The normalized spacial score (nSPS) is 16.3. The number of hydroxylamine groups is 1. The predicted octanol–water partition coefficient (Wildman–Crippen LogP) is 1.75. The predicted molar refractivity (Wildman–Crippen MR) is 98.7 cm³/mol. The number of fused-ring (bicyclic) bond motifs is 3. The molecule has 7 heteroatoms. The molecule has 1 aliphatic heterocycles. The van der Waals surface area contributed by atoms with Crippen LogP contribution in [0.4, 0.5) is 0 Å². The van der Waals surface area contributed by atoms with Gasteiger partial charge in [-0.3, -0.25) is 20.1 Å². The highest BCUT2D eigenvalue weighted by Gasteiger charge is 2.26. The van der Waals surface area contributed by atoms with E-state index in [1.54, 1.807) is 5.48 Å². The summed E-state index contributed by atoms with van der Waals surface area (Å²) in [5.74, 6) is -0.307. The minimum Gasteiger partial charge on any atom is -0.357 e. The topological polar surface area (TPSA) is 106 Å². The highest BCUT2D eigenvalue weighted by Crippen LogP contribution is 2.26. The van der Waals surface area contributed by atoms with Gasteiger partial charge in [0.05, 0.1) is 6.04 Å². The maximum Gasteiger partial charge on any atom is 0.243 e. The van der Waals surface area contributed by atoms with E-state index in [0.717, 1.165) is 31.2 Å². The number of benzene rings is 1. The van der Waals surface area contributed by atoms with Crippen molar-refractivity contribution in [1.29, 1.82) is 0 Å². The van der Waals surface area contributed by atoms with Crippen molar-refractivity contribution in [3.63, 3.8) is 0 Å². The third kappa shape index (κ3) is 4.42. The number of H-pyrrole nitrogens is 1. The summed E-state index contributed by atoms with van der Waals surface area (Å²) in [5, 5.41) is 15.9. The number of nitrogens with one attached hydrogen (secondary N) is 4. The minimum atomic E-state index is -0.349. The molecule has 1 aromatic heterocycles. The first-order valence-electron chi connectivity index (χ1n) is 9.21. The van der Waals surface area contributed by atoms with Crippen LogP contribution in [-0.4, -0.2) is 34.6 Å². The van der Waals surface area contributed by atoms with Crippen molar-refractivity contribution >= 4 is 22.7 Å². The lowest BCUT2D eigenvalue weighted by molar-refractivity contribution is -0.129. The van der Waals surface area contributed by atoms with E-state index in [0.29, 0.717) is 25.9 Å². The van der Waals surface area contributed by atoms with Crippen LogP contribution >= 0.6 is 0 Å². The standard InChI is InChI=1S/C19H26N4O3/c24-18(23-26)9-3-1-2-6-10-20-19(25)16-11-14-13-7-4-5-8-15(13)22-17(14)12-21-16/h4-5,7-8,16,21-22,26H,1-3,6,9-12H2,(H,20,25)(H,23,24)/t16-/m0/s1. The van der Waals surface area contributed by atoms with Crippen molar-refractivity contribution in [2.75, 3.05) is 6.54 Å². The molecule has 2 heterocycles. The number of carbonyl (C=O) groups excluding carboxylic acids is 2. The molecule has 1 aromatic carbocycles. The molecule has 140 valence electrons. The number of amides is 2. The van der Waals surface area contributed by atoms with Gasteiger partial charge in [-0.1, -0.05) is 31.0 Å². The van der Waals surface area contributed by atoms with Crippen molar-refractivity contribution in [3.05, 3.63) is 35.5 Å². The van der Waals surface area contributed by atoms with Crippen molar-refractivity contribution < 1.29 is 14.8 Å². The second-order valence-electron chi connectivity index (χ2n) is 6.76. The molecular formula is C19H26N4O3. The molecule has 0 bridgehead atoms. The Morgan fingerprint density at radius 1 is 1.15 bits per heavy atom. The number of hydrogen-bond donors (Lipinski definition) is 5. The Bertz CT molecular complexity index is 771. The summed E-state index contributed by atoms with van der Waals surface area (Å²) >= 11 is 0. The second-order valence-corrected chi connectivity index (χ2v) is 6.76. The molecule has 0 saturated carbocycles. The van der Waals surface area contributed by atoms with E-state index >= 15 is 0 Å². The maximum atomic E-state index is 12.4. The molecule has 3 rings (SSSR count). The van der Waals surface area contributed by atoms with Crippen LogP contribution in [0, 0.1) is 0 Å². The largest absolute Gasteiger partial charge is 0.357 e. The van der Waals surface area contributed by atoms with Gasteiger partial charge in [0.15, 0.2) is 0 Å². The molecular weight excluding hydrogens is 332 g/mol. The van der Waals surface area contributed by atoms with E-state index in [4.69, 9.17) is 5.21 Å². The fourth-order valence-electron chi connectivity index (χ4n) is 3.48. The zero-order chi connectivity index (χ0) is 18.4. The highest BCUT2D eigenvalue weighted by atomic mass is 16.5. The molecule has 0 saturated heterocycles. The van der Waals surface area contributed by atoms with Gasteiger partial charge in [-0.05, 0) is 30.9 Å². The summed E-state index contributed by atoms with van der Waals surface area (Å²) in [5.41, 5.74) is 5.16. The third-order valence-electron chi connectivity index (χ3n) is 4.91. The number of unbranched alkanes of at least 4 members (excludes halogenated alkanes) is 3. The monoisotopic (exact) mass is 358 g/mol. The summed E-state index contributed by atoms with van der Waals surface area (Å²) < 4.78 is 0. The molecule has 1 atom stereocenters. The summed E-state index contributed by atoms with van der Waals surface area (Å²) in [6, 6.07) is 8.00. The van der Waals surface area contributed by atoms with Crippen LogP contribution in [0.15, 0.2) is 24.3 Å². The summed E-state index contributed by atoms with van der Waals surface area (Å²) in [7, 11) is 0. The lowest BCUT2D eigenvalue weighted by Crippen LogP contribution is -2.47. The molecule has 0 radical (unpaired) electrons. The first-order chi connectivity index (χ1) is 12.7. The number of aromatic nitrogens is 1. The van der Waals surface area contributed by atoms with Gasteiger partial charge < -0.3 is 10.3 Å². The Hall–Kier alpha value is -2.38. The van der Waals surface area contributed by atoms with E-state index in [1.807, 2.05) is 12.1 Å². The average Bonchev–Trinajstić information content (AvgIpc) is 3.04. The van der Waals surface area contributed by atoms with E-state index < -0.39 is 0 Å². The Labute approximate surface area is 152 Å². The molecule has 0 fully saturated rings. The van der Waals surface area contributed by atoms with Crippen molar-refractivity contribution in [3.8, 4) is 0 Å². The molecule has 7 nitrogen and oxygen atoms in total. The van der Waals surface area contributed by atoms with Crippen LogP contribution in [0.25, 0.3) is 10.9 Å². The van der Waals surface area contributed by atoms with Gasteiger partial charge in [0.2, 0.25) is 11.8 Å². The zero-order valence-electron chi connectivity index (χ0n) is 14.8. The van der Waals surface area contributed by atoms with E-state index in [1.165, 1.54) is 16.6 Å². The van der Waals surface area contributed by atoms with Crippen molar-refractivity contribution in [2.24, 2.45) is 0 Å². The fourth-order valence-corrected chi connectivity index (χ4v) is 3.48. The zero-order valence-corrected chi connectivity index (χ0v) is 14.8. The molecule has 0 unspecified atom stereocenters. The third-order valence-corrected chi connectivity index (χ3v) is 4.91. The quantitative estimate of drug-likeness (QED) is 0.282. The Balaban J connectivity index is 1.40. The molecule has 0 spiro atoms. The van der Waals surface area contributed by atoms with Crippen LogP contribution in [0.3, 0.4) is 0 Å². The molecule has 5 N–H and O–H groups in total. The summed E-state index contributed by atoms with van der Waals surface area (Å²) in [6.07, 6.45) is 4.52. The van der Waals surface area contributed by atoms with E-state index in [9.17, 15) is 9.59 Å². The van der Waals surface area contributed by atoms with Gasteiger partial charge >= 0.3 is 0 Å². The number of carbonyl (C=O) groups is 2. The van der Waals surface area contributed by atoms with E-state index in [2.05, 4.69) is 27.8 Å². The van der Waals surface area contributed by atoms with Crippen LogP contribution in [-0.2, 0) is 22.6 Å². The highest BCUT2D eigenvalue weighted by molar-refractivity contribution is 5.88. The fraction of sp³-hybridized carbons (Fsp3) is 0.474. The molecule has 0 aliphatic carbocycles. The SMILES string of the molecule is O=C(CCCCCCNC(=O)[C@@H]1Cc2c([nH]c3ccccc23)CN1)NO. The number of aromatic amines is 1. The van der Waals surface area contributed by atoms with Gasteiger partial charge in [0, 0.05) is 36.1 Å². The van der Waals surface area contributed by atoms with Crippen LogP contribution in [0.1, 0.15) is 43.4 Å². The lowest BCUT2D eigenvalue weighted by atomic mass is 9.98. The molecule has 2 aromatic rings. The van der Waals surface area contributed by atoms with Crippen LogP contribution in [0.2, 0.25) is 0 Å². The van der Waals surface area contributed by atoms with Gasteiger partial charge in [-0.25, -0.2) is 5.48 Å². The Morgan fingerprint density at radius 3 is 2.81 bits per heavy atom. The van der Waals surface area contributed by atoms with Gasteiger partial charge in [-0.15, -0.1) is 0 Å². The van der Waals surface area contributed by atoms with Crippen LogP contribution < -0.4 is 16.1 Å². The smallest absolute Gasteiger partial charge is 0.243 e. The summed E-state index contributed by atoms with van der Waals surface area (Å²) in [6.45, 7) is 1.32. The molecule has 2 amide bonds. The lowest BCUT2D eigenvalue weighted by Gasteiger charge is -2.23. The first-order valence-corrected chi connectivity index (χ1v) is 9.21. The molecule has 1 aliphatic rings. The van der Waals surface area contributed by atoms with Crippen molar-refractivity contribution in [2.45, 2.75) is 51.1 Å². The Morgan fingerprint density at radius 2 is 1.96 bits per heavy atom. The number of rotatable bonds is 8. The van der Waals surface area contributed by atoms with Gasteiger partial charge in [0.25, 0.3) is 0 Å². The van der Waals surface area contributed by atoms with E-state index in [-0.39, 0.29) is 17.9 Å². The molecule has 26 heavy (non-hydrogen) atoms. The Kier molecular flexibility index (Phi) is 6.25. The van der Waals surface area contributed by atoms with Crippen molar-refractivity contribution in [1.82, 2.24) is 21.1 Å². The number of para-hydroxylation sites is 1. The minimum absolute atomic E-state index is 0.0422. The van der Waals surface area contributed by atoms with Crippen LogP contribution in [0.5, 0.6) is 0 Å². The maximum absolute atomic E-state index is 12.4. The summed E-state index contributed by atoms with van der Waals surface area (Å²) in [4.78, 5) is 26.7. The van der Waals surface area contributed by atoms with Gasteiger partial charge in [-0.2, -0.15) is 0 Å². The number of hydrogen-bond acceptors (Lipinski definition) is 4.